The molecule has 2 aromatic heterocycles. The Hall–Kier alpha value is -1.89. The number of piperidine rings is 1. The molecule has 3 heterocycles. The molecule has 19 heavy (non-hydrogen) atoms. The van der Waals surface area contributed by atoms with Crippen LogP contribution in [0, 0.1) is 5.92 Å². The third kappa shape index (κ3) is 1.73. The fourth-order valence-electron chi connectivity index (χ4n) is 2.83. The molecule has 0 bridgehead atoms. The maximum Gasteiger partial charge on any atom is 0.289 e. The molecule has 2 fully saturated rings. The summed E-state index contributed by atoms with van der Waals surface area (Å²) in [5.74, 6) is 0.887. The van der Waals surface area contributed by atoms with Crippen LogP contribution in [-0.2, 0) is 0 Å². The average molecular weight is 276 g/mol. The first-order valence-corrected chi connectivity index (χ1v) is 7.02. The highest BCUT2D eigenvalue weighted by molar-refractivity contribution is 7.13. The number of hydrogen-bond donors (Lipinski definition) is 1. The Morgan fingerprint density at radius 2 is 2.58 bits per heavy atom. The van der Waals surface area contributed by atoms with E-state index in [-0.39, 0.29) is 11.4 Å². The van der Waals surface area contributed by atoms with E-state index in [0.717, 1.165) is 18.1 Å². The number of rotatable bonds is 3. The SMILES string of the molecule is O=C(c1ccco1)N1C[C@@H]2C[C@]2(Nc2nncs2)C1. The normalized spacial score (nSPS) is 28.2. The molecule has 98 valence electrons. The fraction of sp³-hybridized carbons (Fsp3) is 0.417. The van der Waals surface area contributed by atoms with Gasteiger partial charge in [0, 0.05) is 19.0 Å². The van der Waals surface area contributed by atoms with Crippen molar-refractivity contribution in [1.82, 2.24) is 15.1 Å². The van der Waals surface area contributed by atoms with Crippen molar-refractivity contribution in [2.45, 2.75) is 12.0 Å². The van der Waals surface area contributed by atoms with Crippen LogP contribution in [0.3, 0.4) is 0 Å². The van der Waals surface area contributed by atoms with E-state index in [9.17, 15) is 4.79 Å². The number of likely N-dealkylation sites (tertiary alicyclic amines) is 1. The minimum Gasteiger partial charge on any atom is -0.459 e. The zero-order chi connectivity index (χ0) is 12.9. The second kappa shape index (κ2) is 3.80. The minimum atomic E-state index is -0.0318. The monoisotopic (exact) mass is 276 g/mol. The molecule has 1 saturated heterocycles. The maximum atomic E-state index is 12.2. The summed E-state index contributed by atoms with van der Waals surface area (Å²) in [5.41, 5.74) is 1.71. The standard InChI is InChI=1S/C12H12N4O2S/c17-10(9-2-1-3-18-9)16-5-8-4-12(8,6-16)14-11-15-13-7-19-11/h1-3,7-8H,4-6H2,(H,14,15)/t8-,12-/m0/s1. The molecule has 2 aromatic rings. The molecule has 0 radical (unpaired) electrons. The molecule has 1 N–H and O–H groups in total. The highest BCUT2D eigenvalue weighted by Gasteiger charge is 2.61. The zero-order valence-electron chi connectivity index (χ0n) is 10.1. The molecule has 1 aliphatic carbocycles. The van der Waals surface area contributed by atoms with Crippen LogP contribution in [0.15, 0.2) is 28.3 Å². The van der Waals surface area contributed by atoms with E-state index in [1.54, 1.807) is 17.6 Å². The van der Waals surface area contributed by atoms with E-state index < -0.39 is 0 Å². The molecule has 1 aliphatic heterocycles. The van der Waals surface area contributed by atoms with E-state index >= 15 is 0 Å². The molecule has 6 nitrogen and oxygen atoms in total. The Morgan fingerprint density at radius 3 is 3.32 bits per heavy atom. The molecule has 2 atom stereocenters. The summed E-state index contributed by atoms with van der Waals surface area (Å²) in [6.07, 6.45) is 2.62. The number of hydrogen-bond acceptors (Lipinski definition) is 6. The van der Waals surface area contributed by atoms with E-state index in [2.05, 4.69) is 15.5 Å². The second-order valence-corrected chi connectivity index (χ2v) is 5.92. The van der Waals surface area contributed by atoms with Gasteiger partial charge in [0.15, 0.2) is 5.76 Å². The summed E-state index contributed by atoms with van der Waals surface area (Å²) >= 11 is 1.49. The number of carbonyl (C=O) groups excluding carboxylic acids is 1. The first kappa shape index (κ1) is 11.0. The number of furan rings is 1. The maximum absolute atomic E-state index is 12.2. The molecule has 0 aromatic carbocycles. The van der Waals surface area contributed by atoms with Gasteiger partial charge in [-0.2, -0.15) is 0 Å². The largest absolute Gasteiger partial charge is 0.459 e. The second-order valence-electron chi connectivity index (χ2n) is 5.09. The predicted molar refractivity (Wildman–Crippen MR) is 69.0 cm³/mol. The zero-order valence-corrected chi connectivity index (χ0v) is 10.9. The lowest BCUT2D eigenvalue weighted by atomic mass is 10.2. The fourth-order valence-corrected chi connectivity index (χ4v) is 3.38. The molecule has 1 amide bonds. The molecule has 4 rings (SSSR count). The third-order valence-electron chi connectivity index (χ3n) is 3.88. The highest BCUT2D eigenvalue weighted by atomic mass is 32.1. The van der Waals surface area contributed by atoms with Crippen molar-refractivity contribution in [1.29, 1.82) is 0 Å². The van der Waals surface area contributed by atoms with Crippen LogP contribution in [0.4, 0.5) is 5.13 Å². The number of fused-ring (bicyclic) bond motifs is 1. The van der Waals surface area contributed by atoms with Gasteiger partial charge in [-0.1, -0.05) is 11.3 Å². The van der Waals surface area contributed by atoms with Crippen molar-refractivity contribution in [3.8, 4) is 0 Å². The molecular weight excluding hydrogens is 264 g/mol. The van der Waals surface area contributed by atoms with Crippen LogP contribution < -0.4 is 5.32 Å². The molecule has 7 heteroatoms. The molecule has 1 saturated carbocycles. The van der Waals surface area contributed by atoms with Crippen LogP contribution in [0.25, 0.3) is 0 Å². The van der Waals surface area contributed by atoms with Crippen molar-refractivity contribution < 1.29 is 9.21 Å². The van der Waals surface area contributed by atoms with Crippen molar-refractivity contribution >= 4 is 22.4 Å². The minimum absolute atomic E-state index is 0.00177. The molecular formula is C12H12N4O2S. The molecule has 2 aliphatic rings. The van der Waals surface area contributed by atoms with Crippen LogP contribution >= 0.6 is 11.3 Å². The number of aromatic nitrogens is 2. The van der Waals surface area contributed by atoms with Crippen molar-refractivity contribution in [3.63, 3.8) is 0 Å². The van der Waals surface area contributed by atoms with Gasteiger partial charge in [0.05, 0.1) is 11.8 Å². The Balaban J connectivity index is 1.48. The number of carbonyl (C=O) groups is 1. The van der Waals surface area contributed by atoms with Gasteiger partial charge in [0.1, 0.15) is 5.51 Å². The average Bonchev–Trinajstić information content (AvgIpc) is 2.96. The van der Waals surface area contributed by atoms with Crippen molar-refractivity contribution in [2.75, 3.05) is 18.4 Å². The Labute approximate surface area is 113 Å². The first-order chi connectivity index (χ1) is 9.27. The lowest BCUT2D eigenvalue weighted by Crippen LogP contribution is -2.36. The first-order valence-electron chi connectivity index (χ1n) is 6.14. The molecule has 0 spiro atoms. The van der Waals surface area contributed by atoms with Gasteiger partial charge in [0.2, 0.25) is 5.13 Å². The van der Waals surface area contributed by atoms with Gasteiger partial charge >= 0.3 is 0 Å². The molecule has 0 unspecified atom stereocenters. The lowest BCUT2D eigenvalue weighted by Gasteiger charge is -2.20. The summed E-state index contributed by atoms with van der Waals surface area (Å²) in [7, 11) is 0. The topological polar surface area (TPSA) is 71.3 Å². The Kier molecular flexibility index (Phi) is 2.20. The van der Waals surface area contributed by atoms with Gasteiger partial charge in [-0.25, -0.2) is 0 Å². The lowest BCUT2D eigenvalue weighted by molar-refractivity contribution is 0.0742. The van der Waals surface area contributed by atoms with Crippen LogP contribution in [0.1, 0.15) is 17.0 Å². The summed E-state index contributed by atoms with van der Waals surface area (Å²) in [4.78, 5) is 14.0. The van der Waals surface area contributed by atoms with Crippen LogP contribution in [0.2, 0.25) is 0 Å². The Bertz CT molecular complexity index is 597. The Morgan fingerprint density at radius 1 is 1.63 bits per heavy atom. The summed E-state index contributed by atoms with van der Waals surface area (Å²) in [6, 6.07) is 3.44. The van der Waals surface area contributed by atoms with Crippen LogP contribution in [-0.4, -0.2) is 39.6 Å². The highest BCUT2D eigenvalue weighted by Crippen LogP contribution is 2.51. The van der Waals surface area contributed by atoms with Gasteiger partial charge in [-0.15, -0.1) is 10.2 Å². The quantitative estimate of drug-likeness (QED) is 0.919. The summed E-state index contributed by atoms with van der Waals surface area (Å²) in [5, 5.41) is 12.1. The smallest absolute Gasteiger partial charge is 0.289 e. The van der Waals surface area contributed by atoms with Crippen molar-refractivity contribution in [3.05, 3.63) is 29.7 Å². The summed E-state index contributed by atoms with van der Waals surface area (Å²) in [6.45, 7) is 1.49. The van der Waals surface area contributed by atoms with Gasteiger partial charge in [-0.3, -0.25) is 4.79 Å². The third-order valence-corrected chi connectivity index (χ3v) is 4.49. The van der Waals surface area contributed by atoms with Gasteiger partial charge in [-0.05, 0) is 18.6 Å². The van der Waals surface area contributed by atoms with Gasteiger partial charge in [0.25, 0.3) is 5.91 Å². The van der Waals surface area contributed by atoms with E-state index in [0.29, 0.717) is 18.2 Å². The number of nitrogens with zero attached hydrogens (tertiary/aromatic N) is 3. The van der Waals surface area contributed by atoms with Gasteiger partial charge < -0.3 is 14.6 Å². The van der Waals surface area contributed by atoms with E-state index in [1.807, 2.05) is 4.90 Å². The van der Waals surface area contributed by atoms with Crippen molar-refractivity contribution in [2.24, 2.45) is 5.92 Å². The van der Waals surface area contributed by atoms with E-state index in [1.165, 1.54) is 17.6 Å². The number of anilines is 1. The summed E-state index contributed by atoms with van der Waals surface area (Å²) < 4.78 is 5.16. The van der Waals surface area contributed by atoms with Crippen LogP contribution in [0.5, 0.6) is 0 Å². The number of nitrogens with one attached hydrogen (secondary N) is 1. The van der Waals surface area contributed by atoms with E-state index in [4.69, 9.17) is 4.42 Å². The predicted octanol–water partition coefficient (Wildman–Crippen LogP) is 1.46. The number of amides is 1.